The maximum atomic E-state index is 13.6. The summed E-state index contributed by atoms with van der Waals surface area (Å²) in [6.07, 6.45) is 0.0142. The Balaban J connectivity index is 1.27. The molecule has 1 N–H and O–H groups in total. The Hall–Kier alpha value is -3.10. The smallest absolute Gasteiger partial charge is 0.257 e. The van der Waals surface area contributed by atoms with Crippen LogP contribution in [-0.4, -0.2) is 58.3 Å². The quantitative estimate of drug-likeness (QED) is 0.350. The highest BCUT2D eigenvalue weighted by atomic mass is 35.5. The molecule has 202 valence electrons. The highest BCUT2D eigenvalue weighted by Gasteiger charge is 2.31. The molecule has 39 heavy (non-hydrogen) atoms. The average molecular weight is 586 g/mol. The molecular formula is C29H27Cl3N4O3. The zero-order valence-electron chi connectivity index (χ0n) is 21.0. The Morgan fingerprint density at radius 2 is 1.72 bits per heavy atom. The monoisotopic (exact) mass is 584 g/mol. The van der Waals surface area contributed by atoms with Gasteiger partial charge in [0.25, 0.3) is 11.8 Å². The minimum absolute atomic E-state index is 0.0700. The van der Waals surface area contributed by atoms with Crippen molar-refractivity contribution in [2.75, 3.05) is 31.5 Å². The van der Waals surface area contributed by atoms with E-state index >= 15 is 0 Å². The maximum Gasteiger partial charge on any atom is 0.257 e. The number of alkyl halides is 2. The van der Waals surface area contributed by atoms with Gasteiger partial charge in [-0.1, -0.05) is 88.5 Å². The first kappa shape index (κ1) is 27.5. The number of carbonyl (C=O) groups is 2. The first-order chi connectivity index (χ1) is 18.9. The Morgan fingerprint density at radius 1 is 0.974 bits per heavy atom. The highest BCUT2D eigenvalue weighted by Crippen LogP contribution is 2.34. The second-order valence-electron chi connectivity index (χ2n) is 9.47. The van der Waals surface area contributed by atoms with Gasteiger partial charge in [0.05, 0.1) is 16.3 Å². The molecule has 0 aromatic heterocycles. The minimum atomic E-state index is -1.17. The molecule has 2 heterocycles. The molecule has 3 aromatic rings. The summed E-state index contributed by atoms with van der Waals surface area (Å²) in [6.45, 7) is 3.72. The molecule has 1 unspecified atom stereocenters. The first-order valence-electron chi connectivity index (χ1n) is 12.6. The Bertz CT molecular complexity index is 1380. The number of nitrogens with zero attached hydrogens (tertiary/aromatic N) is 3. The molecule has 0 bridgehead atoms. The topological polar surface area (TPSA) is 74.2 Å². The SMILES string of the molecule is O=C(Nc1cccc(C2CC(c3c(Cl)cccc3C(=O)N3CCN(Cc4ccccc4)CC3)=NO2)c1)C(Cl)Cl. The lowest BCUT2D eigenvalue weighted by Gasteiger charge is -2.35. The van der Waals surface area contributed by atoms with E-state index < -0.39 is 16.8 Å². The van der Waals surface area contributed by atoms with E-state index in [4.69, 9.17) is 39.6 Å². The van der Waals surface area contributed by atoms with Gasteiger partial charge >= 0.3 is 0 Å². The summed E-state index contributed by atoms with van der Waals surface area (Å²) < 4.78 is 0. The van der Waals surface area contributed by atoms with Gasteiger partial charge in [-0.25, -0.2) is 0 Å². The number of hydrogen-bond donors (Lipinski definition) is 1. The van der Waals surface area contributed by atoms with Gasteiger partial charge in [-0.2, -0.15) is 0 Å². The van der Waals surface area contributed by atoms with Crippen LogP contribution in [0.15, 0.2) is 78.0 Å². The van der Waals surface area contributed by atoms with E-state index in [9.17, 15) is 9.59 Å². The lowest BCUT2D eigenvalue weighted by molar-refractivity contribution is -0.114. The highest BCUT2D eigenvalue weighted by molar-refractivity contribution is 6.54. The van der Waals surface area contributed by atoms with E-state index in [1.54, 1.807) is 36.4 Å². The predicted octanol–water partition coefficient (Wildman–Crippen LogP) is 5.91. The summed E-state index contributed by atoms with van der Waals surface area (Å²) in [4.78, 5) is 34.3. The fourth-order valence-corrected chi connectivity index (χ4v) is 5.23. The van der Waals surface area contributed by atoms with Crippen molar-refractivity contribution in [3.8, 4) is 0 Å². The van der Waals surface area contributed by atoms with Gasteiger partial charge in [-0.05, 0) is 35.4 Å². The zero-order valence-corrected chi connectivity index (χ0v) is 23.3. The molecule has 0 saturated carbocycles. The van der Waals surface area contributed by atoms with E-state index in [0.717, 1.165) is 25.2 Å². The van der Waals surface area contributed by atoms with E-state index in [0.29, 0.717) is 47.1 Å². The van der Waals surface area contributed by atoms with Crippen LogP contribution < -0.4 is 5.32 Å². The molecule has 3 aromatic carbocycles. The van der Waals surface area contributed by atoms with Crippen molar-refractivity contribution >= 4 is 58.0 Å². The second kappa shape index (κ2) is 12.4. The third-order valence-corrected chi connectivity index (χ3v) is 7.55. The van der Waals surface area contributed by atoms with E-state index in [-0.39, 0.29) is 5.91 Å². The lowest BCUT2D eigenvalue weighted by Crippen LogP contribution is -2.48. The van der Waals surface area contributed by atoms with Crippen LogP contribution in [0.5, 0.6) is 0 Å². The summed E-state index contributed by atoms with van der Waals surface area (Å²) in [5.74, 6) is -0.584. The number of piperazine rings is 1. The number of halogens is 3. The van der Waals surface area contributed by atoms with Crippen molar-refractivity contribution in [2.24, 2.45) is 5.16 Å². The number of hydrogen-bond acceptors (Lipinski definition) is 5. The Morgan fingerprint density at radius 3 is 2.46 bits per heavy atom. The zero-order chi connectivity index (χ0) is 27.4. The number of benzene rings is 3. The molecule has 2 aliphatic rings. The van der Waals surface area contributed by atoms with Crippen LogP contribution in [0.2, 0.25) is 5.02 Å². The normalized spacial score (nSPS) is 17.6. The third kappa shape index (κ3) is 6.56. The van der Waals surface area contributed by atoms with Gasteiger partial charge in [-0.15, -0.1) is 0 Å². The summed E-state index contributed by atoms with van der Waals surface area (Å²) in [5, 5.41) is 7.42. The Labute approximate surface area is 242 Å². The predicted molar refractivity (Wildman–Crippen MR) is 155 cm³/mol. The maximum absolute atomic E-state index is 13.6. The lowest BCUT2D eigenvalue weighted by atomic mass is 9.95. The largest absolute Gasteiger partial charge is 0.387 e. The number of carbonyl (C=O) groups excluding carboxylic acids is 2. The van der Waals surface area contributed by atoms with Gasteiger partial charge < -0.3 is 15.1 Å². The van der Waals surface area contributed by atoms with Crippen molar-refractivity contribution in [3.63, 3.8) is 0 Å². The van der Waals surface area contributed by atoms with Crippen LogP contribution in [0, 0.1) is 0 Å². The van der Waals surface area contributed by atoms with Crippen molar-refractivity contribution in [1.82, 2.24) is 9.80 Å². The van der Waals surface area contributed by atoms with E-state index in [2.05, 4.69) is 27.5 Å². The standard InChI is InChI=1S/C29H27Cl3N4O3/c30-23-11-5-10-22(29(38)36-14-12-35(13-15-36)18-19-6-2-1-3-7-19)26(23)24-17-25(39-34-24)20-8-4-9-21(16-20)33-28(37)27(31)32/h1-11,16,25,27H,12-15,17-18H2,(H,33,37). The summed E-state index contributed by atoms with van der Waals surface area (Å²) in [5.41, 5.74) is 4.32. The molecule has 1 atom stereocenters. The molecule has 2 amide bonds. The Kier molecular flexibility index (Phi) is 8.72. The van der Waals surface area contributed by atoms with Crippen LogP contribution >= 0.6 is 34.8 Å². The molecule has 0 spiro atoms. The third-order valence-electron chi connectivity index (χ3n) is 6.83. The van der Waals surface area contributed by atoms with Gasteiger partial charge in [0.1, 0.15) is 0 Å². The van der Waals surface area contributed by atoms with Gasteiger partial charge in [0.2, 0.25) is 0 Å². The number of rotatable bonds is 7. The van der Waals surface area contributed by atoms with E-state index in [1.807, 2.05) is 29.2 Å². The molecule has 7 nitrogen and oxygen atoms in total. The van der Waals surface area contributed by atoms with Gasteiger partial charge in [0, 0.05) is 50.4 Å². The second-order valence-corrected chi connectivity index (χ2v) is 11.0. The van der Waals surface area contributed by atoms with Crippen LogP contribution in [0.1, 0.15) is 39.6 Å². The van der Waals surface area contributed by atoms with Crippen LogP contribution in [0.3, 0.4) is 0 Å². The number of anilines is 1. The molecule has 0 radical (unpaired) electrons. The summed E-state index contributed by atoms with van der Waals surface area (Å²) >= 11 is 17.9. The van der Waals surface area contributed by atoms with Crippen molar-refractivity contribution < 1.29 is 14.4 Å². The molecule has 10 heteroatoms. The van der Waals surface area contributed by atoms with Crippen LogP contribution in [0.25, 0.3) is 0 Å². The van der Waals surface area contributed by atoms with Gasteiger partial charge in [0.15, 0.2) is 10.9 Å². The molecular weight excluding hydrogens is 559 g/mol. The van der Waals surface area contributed by atoms with Crippen LogP contribution in [0.4, 0.5) is 5.69 Å². The van der Waals surface area contributed by atoms with E-state index in [1.165, 1.54) is 5.56 Å². The molecule has 2 aliphatic heterocycles. The number of oxime groups is 1. The molecule has 5 rings (SSSR count). The molecule has 1 saturated heterocycles. The van der Waals surface area contributed by atoms with Crippen molar-refractivity contribution in [2.45, 2.75) is 23.9 Å². The number of amides is 2. The fraction of sp³-hybridized carbons (Fsp3) is 0.276. The first-order valence-corrected chi connectivity index (χ1v) is 13.9. The molecule has 1 fully saturated rings. The minimum Gasteiger partial charge on any atom is -0.387 e. The average Bonchev–Trinajstić information content (AvgIpc) is 3.43. The number of nitrogens with one attached hydrogen (secondary N) is 1. The summed E-state index contributed by atoms with van der Waals surface area (Å²) in [6, 6.07) is 22.9. The fourth-order valence-electron chi connectivity index (χ4n) is 4.83. The van der Waals surface area contributed by atoms with Crippen LogP contribution in [-0.2, 0) is 16.2 Å². The van der Waals surface area contributed by atoms with Gasteiger partial charge in [-0.3, -0.25) is 14.5 Å². The summed E-state index contributed by atoms with van der Waals surface area (Å²) in [7, 11) is 0. The molecule has 0 aliphatic carbocycles. The van der Waals surface area contributed by atoms with Crippen molar-refractivity contribution in [3.05, 3.63) is 100 Å². The van der Waals surface area contributed by atoms with Crippen molar-refractivity contribution in [1.29, 1.82) is 0 Å².